The third-order valence-corrected chi connectivity index (χ3v) is 8.45. The Bertz CT molecular complexity index is 1880. The van der Waals surface area contributed by atoms with Crippen LogP contribution in [0.3, 0.4) is 0 Å². The number of aromatic amines is 1. The van der Waals surface area contributed by atoms with Gasteiger partial charge in [-0.2, -0.15) is 9.78 Å². The zero-order valence-corrected chi connectivity index (χ0v) is 24.8. The molecule has 0 radical (unpaired) electrons. The van der Waals surface area contributed by atoms with Crippen LogP contribution >= 0.6 is 24.0 Å². The molecule has 6 rings (SSSR count). The molecule has 3 heterocycles. The molecule has 1 fully saturated rings. The molecule has 2 N–H and O–H groups in total. The molecule has 0 bridgehead atoms. The standard InChI is InChI=1S/C32H26N4O5S2/c1-19-25(30(36(34-19)21-8-4-3-5-9-21)41-23-14-12-22(40-2)13-15-23)17-28-29(37)35(32(42)43-28)27(31(38)39)16-20-18-33-26-11-7-6-10-24(20)26/h3-15,17-18,27,33H,16H2,1-2H3,(H,38,39)/b28-17-/t27-/m0/s1. The molecule has 1 amide bonds. The number of aromatic nitrogens is 3. The van der Waals surface area contributed by atoms with Gasteiger partial charge in [0.1, 0.15) is 21.9 Å². The summed E-state index contributed by atoms with van der Waals surface area (Å²) in [5.41, 5.74) is 3.64. The zero-order valence-electron chi connectivity index (χ0n) is 23.2. The van der Waals surface area contributed by atoms with Crippen LogP contribution in [0.1, 0.15) is 16.8 Å². The molecule has 0 saturated carbocycles. The summed E-state index contributed by atoms with van der Waals surface area (Å²) < 4.78 is 13.5. The first-order valence-corrected chi connectivity index (χ1v) is 14.6. The van der Waals surface area contributed by atoms with Crippen LogP contribution in [-0.2, 0) is 16.0 Å². The SMILES string of the molecule is COc1ccc(Oc2c(/C=C3\SC(=S)N([C@@H](Cc4c[nH]c5ccccc45)C(=O)O)C3=O)c(C)nn2-c2ccccc2)cc1. The number of rotatable bonds is 9. The maximum absolute atomic E-state index is 13.8. The van der Waals surface area contributed by atoms with Crippen LogP contribution < -0.4 is 9.47 Å². The van der Waals surface area contributed by atoms with Crippen molar-refractivity contribution >= 4 is 57.2 Å². The molecule has 2 aromatic heterocycles. The van der Waals surface area contributed by atoms with E-state index < -0.39 is 17.9 Å². The van der Waals surface area contributed by atoms with Crippen molar-refractivity contribution in [3.63, 3.8) is 0 Å². The lowest BCUT2D eigenvalue weighted by Crippen LogP contribution is -2.45. The van der Waals surface area contributed by atoms with Gasteiger partial charge < -0.3 is 19.6 Å². The number of hydrogen-bond acceptors (Lipinski definition) is 7. The molecule has 0 aliphatic carbocycles. The van der Waals surface area contributed by atoms with Crippen molar-refractivity contribution < 1.29 is 24.2 Å². The van der Waals surface area contributed by atoms with Gasteiger partial charge in [0.25, 0.3) is 5.91 Å². The van der Waals surface area contributed by atoms with Gasteiger partial charge in [-0.1, -0.05) is 60.4 Å². The topological polar surface area (TPSA) is 110 Å². The highest BCUT2D eigenvalue weighted by Crippen LogP contribution is 2.39. The number of benzene rings is 3. The molecular formula is C32H26N4O5S2. The molecule has 5 aromatic rings. The van der Waals surface area contributed by atoms with Gasteiger partial charge in [-0.25, -0.2) is 4.79 Å². The van der Waals surface area contributed by atoms with E-state index in [0.29, 0.717) is 28.6 Å². The first-order valence-electron chi connectivity index (χ1n) is 13.4. The number of methoxy groups -OCH3 is 1. The van der Waals surface area contributed by atoms with Gasteiger partial charge in [0.15, 0.2) is 0 Å². The second kappa shape index (κ2) is 11.8. The number of fused-ring (bicyclic) bond motifs is 1. The van der Waals surface area contributed by atoms with E-state index in [4.69, 9.17) is 26.8 Å². The van der Waals surface area contributed by atoms with E-state index >= 15 is 0 Å². The number of para-hydroxylation sites is 2. The normalized spacial score (nSPS) is 14.9. The van der Waals surface area contributed by atoms with Crippen molar-refractivity contribution in [1.82, 2.24) is 19.7 Å². The molecule has 1 atom stereocenters. The second-order valence-electron chi connectivity index (χ2n) is 9.80. The predicted molar refractivity (Wildman–Crippen MR) is 170 cm³/mol. The summed E-state index contributed by atoms with van der Waals surface area (Å²) in [6.45, 7) is 1.82. The number of nitrogens with zero attached hydrogens (tertiary/aromatic N) is 3. The molecule has 216 valence electrons. The lowest BCUT2D eigenvalue weighted by Gasteiger charge is -2.23. The molecule has 1 saturated heterocycles. The van der Waals surface area contributed by atoms with Crippen molar-refractivity contribution in [2.75, 3.05) is 7.11 Å². The highest BCUT2D eigenvalue weighted by atomic mass is 32.2. The van der Waals surface area contributed by atoms with Gasteiger partial charge in [0, 0.05) is 23.5 Å². The highest BCUT2D eigenvalue weighted by molar-refractivity contribution is 8.26. The Labute approximate surface area is 256 Å². The molecule has 1 aliphatic heterocycles. The Morgan fingerprint density at radius 1 is 1.07 bits per heavy atom. The van der Waals surface area contributed by atoms with Gasteiger partial charge in [0.2, 0.25) is 5.88 Å². The molecule has 43 heavy (non-hydrogen) atoms. The van der Waals surface area contributed by atoms with Crippen LogP contribution in [0, 0.1) is 6.92 Å². The van der Waals surface area contributed by atoms with Gasteiger partial charge >= 0.3 is 5.97 Å². The van der Waals surface area contributed by atoms with E-state index in [9.17, 15) is 14.7 Å². The molecule has 0 unspecified atom stereocenters. The van der Waals surface area contributed by atoms with Gasteiger partial charge in [-0.15, -0.1) is 0 Å². The second-order valence-corrected chi connectivity index (χ2v) is 11.5. The summed E-state index contributed by atoms with van der Waals surface area (Å²) in [6.07, 6.45) is 3.54. The van der Waals surface area contributed by atoms with Crippen molar-refractivity contribution in [1.29, 1.82) is 0 Å². The number of aryl methyl sites for hydroxylation is 1. The fourth-order valence-electron chi connectivity index (χ4n) is 4.96. The average Bonchev–Trinajstić information content (AvgIpc) is 3.66. The number of carboxylic acid groups (broad SMARTS) is 1. The Balaban J connectivity index is 1.37. The summed E-state index contributed by atoms with van der Waals surface area (Å²) in [4.78, 5) is 30.9. The summed E-state index contributed by atoms with van der Waals surface area (Å²) >= 11 is 6.63. The number of carboxylic acids is 1. The third-order valence-electron chi connectivity index (χ3n) is 7.12. The number of thioether (sulfide) groups is 1. The fourth-order valence-corrected chi connectivity index (χ4v) is 6.30. The monoisotopic (exact) mass is 610 g/mol. The quantitative estimate of drug-likeness (QED) is 0.147. The summed E-state index contributed by atoms with van der Waals surface area (Å²) in [7, 11) is 1.59. The summed E-state index contributed by atoms with van der Waals surface area (Å²) in [6, 6.07) is 23.1. The zero-order chi connectivity index (χ0) is 30.1. The molecule has 9 nitrogen and oxygen atoms in total. The van der Waals surface area contributed by atoms with E-state index in [0.717, 1.165) is 33.9 Å². The number of carbonyl (C=O) groups is 2. The van der Waals surface area contributed by atoms with Crippen molar-refractivity contribution in [2.45, 2.75) is 19.4 Å². The predicted octanol–water partition coefficient (Wildman–Crippen LogP) is 6.36. The Morgan fingerprint density at radius 3 is 2.49 bits per heavy atom. The molecule has 1 aliphatic rings. The number of ether oxygens (including phenoxy) is 2. The summed E-state index contributed by atoms with van der Waals surface area (Å²) in [5, 5.41) is 15.8. The fraction of sp³-hybridized carbons (Fsp3) is 0.125. The third kappa shape index (κ3) is 5.52. The maximum atomic E-state index is 13.8. The highest BCUT2D eigenvalue weighted by Gasteiger charge is 2.41. The van der Waals surface area contributed by atoms with E-state index in [1.807, 2.05) is 61.5 Å². The van der Waals surface area contributed by atoms with E-state index in [-0.39, 0.29) is 15.6 Å². The summed E-state index contributed by atoms with van der Waals surface area (Å²) in [5.74, 6) is 0.00557. The lowest BCUT2D eigenvalue weighted by atomic mass is 10.0. The van der Waals surface area contributed by atoms with Crippen molar-refractivity contribution in [2.24, 2.45) is 0 Å². The number of thiocarbonyl (C=S) groups is 1. The maximum Gasteiger partial charge on any atom is 0.327 e. The van der Waals surface area contributed by atoms with E-state index in [2.05, 4.69) is 4.98 Å². The van der Waals surface area contributed by atoms with E-state index in [1.54, 1.807) is 48.3 Å². The first kappa shape index (κ1) is 28.3. The molecule has 0 spiro atoms. The smallest absolute Gasteiger partial charge is 0.327 e. The number of carbonyl (C=O) groups excluding carboxylic acids is 1. The number of amides is 1. The average molecular weight is 611 g/mol. The Hall–Kier alpha value is -4.87. The molecule has 3 aromatic carbocycles. The minimum Gasteiger partial charge on any atom is -0.497 e. The largest absolute Gasteiger partial charge is 0.497 e. The number of nitrogens with one attached hydrogen (secondary N) is 1. The Morgan fingerprint density at radius 2 is 1.77 bits per heavy atom. The number of hydrogen-bond donors (Lipinski definition) is 2. The van der Waals surface area contributed by atoms with Crippen molar-refractivity contribution in [3.8, 4) is 23.1 Å². The minimum absolute atomic E-state index is 0.0931. The van der Waals surface area contributed by atoms with Gasteiger partial charge in [-0.05, 0) is 61.0 Å². The van der Waals surface area contributed by atoms with Crippen LogP contribution in [0.4, 0.5) is 0 Å². The van der Waals surface area contributed by atoms with Gasteiger partial charge in [0.05, 0.1) is 29.0 Å². The van der Waals surface area contributed by atoms with Crippen LogP contribution in [-0.4, -0.2) is 54.1 Å². The first-order chi connectivity index (χ1) is 20.8. The number of aliphatic carboxylic acids is 1. The Kier molecular flexibility index (Phi) is 7.75. The van der Waals surface area contributed by atoms with Crippen LogP contribution in [0.15, 0.2) is 90.0 Å². The number of H-pyrrole nitrogens is 1. The minimum atomic E-state index is -1.18. The molecule has 11 heteroatoms. The van der Waals surface area contributed by atoms with E-state index in [1.165, 1.54) is 4.90 Å². The van der Waals surface area contributed by atoms with Crippen LogP contribution in [0.25, 0.3) is 22.7 Å². The van der Waals surface area contributed by atoms with Crippen molar-refractivity contribution in [3.05, 3.63) is 107 Å². The van der Waals surface area contributed by atoms with Crippen LogP contribution in [0.5, 0.6) is 17.4 Å². The lowest BCUT2D eigenvalue weighted by molar-refractivity contribution is -0.145. The van der Waals surface area contributed by atoms with Gasteiger partial charge in [-0.3, -0.25) is 9.69 Å². The van der Waals surface area contributed by atoms with Crippen LogP contribution in [0.2, 0.25) is 0 Å². The molecular weight excluding hydrogens is 585 g/mol.